The zero-order chi connectivity index (χ0) is 20.3. The number of aromatic nitrogens is 2. The minimum atomic E-state index is 0.469. The Labute approximate surface area is 182 Å². The number of fused-ring (bicyclic) bond motifs is 1. The lowest BCUT2D eigenvalue weighted by Gasteiger charge is -2.38. The van der Waals surface area contributed by atoms with Gasteiger partial charge >= 0.3 is 0 Å². The Morgan fingerprint density at radius 3 is 2.93 bits per heavy atom. The molecule has 2 aliphatic rings. The van der Waals surface area contributed by atoms with Gasteiger partial charge in [-0.1, -0.05) is 18.2 Å². The SMILES string of the molecule is CN(c1ccnc(N2CCOCC2)n1)C1CCCN(Cc2csc3ccccc23)C1. The summed E-state index contributed by atoms with van der Waals surface area (Å²) < 4.78 is 6.85. The summed E-state index contributed by atoms with van der Waals surface area (Å²) in [5, 5.41) is 3.74. The first-order valence-electron chi connectivity index (χ1n) is 10.8. The minimum Gasteiger partial charge on any atom is -0.378 e. The number of rotatable bonds is 5. The first-order chi connectivity index (χ1) is 14.8. The highest BCUT2D eigenvalue weighted by Gasteiger charge is 2.25. The summed E-state index contributed by atoms with van der Waals surface area (Å²) in [6.07, 6.45) is 4.31. The Hall–Kier alpha value is -2.22. The van der Waals surface area contributed by atoms with Gasteiger partial charge < -0.3 is 14.5 Å². The number of piperidine rings is 1. The van der Waals surface area contributed by atoms with Crippen molar-refractivity contribution in [1.82, 2.24) is 14.9 Å². The standard InChI is InChI=1S/C23H29N5OS/c1-26(22-8-9-24-23(25-22)28-11-13-29-14-12-28)19-5-4-10-27(16-19)15-18-17-30-21-7-3-2-6-20(18)21/h2-3,6-9,17,19H,4-5,10-16H2,1H3. The van der Waals surface area contributed by atoms with E-state index in [1.165, 1.54) is 28.5 Å². The van der Waals surface area contributed by atoms with Crippen molar-refractivity contribution in [3.05, 3.63) is 47.5 Å². The van der Waals surface area contributed by atoms with Crippen LogP contribution in [0.25, 0.3) is 10.1 Å². The molecule has 0 N–H and O–H groups in total. The minimum absolute atomic E-state index is 0.469. The van der Waals surface area contributed by atoms with E-state index >= 15 is 0 Å². The van der Waals surface area contributed by atoms with Gasteiger partial charge in [0.2, 0.25) is 5.95 Å². The molecule has 0 radical (unpaired) electrons. The summed E-state index contributed by atoms with van der Waals surface area (Å²) >= 11 is 1.85. The molecule has 5 rings (SSSR count). The van der Waals surface area contributed by atoms with E-state index in [4.69, 9.17) is 9.72 Å². The van der Waals surface area contributed by atoms with Crippen molar-refractivity contribution in [3.63, 3.8) is 0 Å². The summed E-state index contributed by atoms with van der Waals surface area (Å²) in [7, 11) is 2.18. The van der Waals surface area contributed by atoms with Crippen molar-refractivity contribution in [3.8, 4) is 0 Å². The predicted molar refractivity (Wildman–Crippen MR) is 124 cm³/mol. The second-order valence-corrected chi connectivity index (χ2v) is 9.12. The van der Waals surface area contributed by atoms with Crippen molar-refractivity contribution in [2.24, 2.45) is 0 Å². The van der Waals surface area contributed by atoms with Crippen LogP contribution in [0.15, 0.2) is 41.9 Å². The predicted octanol–water partition coefficient (Wildman–Crippen LogP) is 3.63. The van der Waals surface area contributed by atoms with E-state index in [0.29, 0.717) is 6.04 Å². The van der Waals surface area contributed by atoms with Gasteiger partial charge in [0, 0.05) is 50.2 Å². The monoisotopic (exact) mass is 423 g/mol. The number of likely N-dealkylation sites (tertiary alicyclic amines) is 1. The van der Waals surface area contributed by atoms with Crippen molar-refractivity contribution in [1.29, 1.82) is 0 Å². The lowest BCUT2D eigenvalue weighted by Crippen LogP contribution is -2.46. The van der Waals surface area contributed by atoms with Gasteiger partial charge in [0.1, 0.15) is 5.82 Å². The number of hydrogen-bond acceptors (Lipinski definition) is 7. The maximum atomic E-state index is 5.46. The Bertz CT molecular complexity index is 986. The molecular weight excluding hydrogens is 394 g/mol. The maximum Gasteiger partial charge on any atom is 0.227 e. The van der Waals surface area contributed by atoms with Crippen LogP contribution in [0, 0.1) is 0 Å². The van der Waals surface area contributed by atoms with E-state index in [1.807, 2.05) is 23.6 Å². The molecular formula is C23H29N5OS. The van der Waals surface area contributed by atoms with Gasteiger partial charge in [0.25, 0.3) is 0 Å². The van der Waals surface area contributed by atoms with Crippen LogP contribution in [0.2, 0.25) is 0 Å². The number of benzene rings is 1. The molecule has 2 saturated heterocycles. The van der Waals surface area contributed by atoms with Gasteiger partial charge in [0.05, 0.1) is 13.2 Å². The molecule has 158 valence electrons. The summed E-state index contributed by atoms with van der Waals surface area (Å²) in [6.45, 7) is 6.47. The molecule has 1 atom stereocenters. The van der Waals surface area contributed by atoms with Crippen LogP contribution >= 0.6 is 11.3 Å². The molecule has 6 nitrogen and oxygen atoms in total. The van der Waals surface area contributed by atoms with E-state index in [-0.39, 0.29) is 0 Å². The van der Waals surface area contributed by atoms with Crippen molar-refractivity contribution < 1.29 is 4.74 Å². The van der Waals surface area contributed by atoms with Gasteiger partial charge in [-0.3, -0.25) is 4.90 Å². The molecule has 30 heavy (non-hydrogen) atoms. The van der Waals surface area contributed by atoms with Gasteiger partial charge in [-0.05, 0) is 47.8 Å². The molecule has 0 bridgehead atoms. The fourth-order valence-corrected chi connectivity index (χ4v) is 5.48. The third kappa shape index (κ3) is 4.15. The summed E-state index contributed by atoms with van der Waals surface area (Å²) in [5.74, 6) is 1.83. The molecule has 2 aromatic heterocycles. The first-order valence-corrected chi connectivity index (χ1v) is 11.7. The largest absolute Gasteiger partial charge is 0.378 e. The Kier molecular flexibility index (Phi) is 5.84. The molecule has 1 unspecified atom stereocenters. The van der Waals surface area contributed by atoms with Crippen LogP contribution in [0.5, 0.6) is 0 Å². The van der Waals surface area contributed by atoms with Crippen molar-refractivity contribution >= 4 is 33.2 Å². The Morgan fingerprint density at radius 2 is 2.03 bits per heavy atom. The second-order valence-electron chi connectivity index (χ2n) is 8.21. The van der Waals surface area contributed by atoms with E-state index in [9.17, 15) is 0 Å². The average molecular weight is 424 g/mol. The van der Waals surface area contributed by atoms with Crippen LogP contribution in [-0.4, -0.2) is 67.4 Å². The molecule has 3 aromatic rings. The van der Waals surface area contributed by atoms with Crippen molar-refractivity contribution in [2.45, 2.75) is 25.4 Å². The lowest BCUT2D eigenvalue weighted by molar-refractivity contribution is 0.122. The highest BCUT2D eigenvalue weighted by Crippen LogP contribution is 2.28. The van der Waals surface area contributed by atoms with Crippen LogP contribution in [0.1, 0.15) is 18.4 Å². The quantitative estimate of drug-likeness (QED) is 0.625. The zero-order valence-electron chi connectivity index (χ0n) is 17.5. The molecule has 0 amide bonds. The fraction of sp³-hybridized carbons (Fsp3) is 0.478. The second kappa shape index (κ2) is 8.88. The van der Waals surface area contributed by atoms with E-state index < -0.39 is 0 Å². The number of thiophene rings is 1. The third-order valence-electron chi connectivity index (χ3n) is 6.27. The van der Waals surface area contributed by atoms with Gasteiger partial charge in [-0.2, -0.15) is 4.98 Å². The Morgan fingerprint density at radius 1 is 1.17 bits per heavy atom. The summed E-state index contributed by atoms with van der Waals surface area (Å²) in [6, 6.07) is 11.2. The van der Waals surface area contributed by atoms with Gasteiger partial charge in [0.15, 0.2) is 0 Å². The molecule has 0 aliphatic carbocycles. The lowest BCUT2D eigenvalue weighted by atomic mass is 10.0. The molecule has 0 spiro atoms. The van der Waals surface area contributed by atoms with Crippen molar-refractivity contribution in [2.75, 3.05) is 56.2 Å². The van der Waals surface area contributed by atoms with Crippen LogP contribution < -0.4 is 9.80 Å². The van der Waals surface area contributed by atoms with E-state index in [2.05, 4.69) is 56.4 Å². The Balaban J connectivity index is 1.27. The number of hydrogen-bond donors (Lipinski definition) is 0. The fourth-order valence-electron chi connectivity index (χ4n) is 4.53. The number of anilines is 2. The topological polar surface area (TPSA) is 44.7 Å². The van der Waals surface area contributed by atoms with Crippen LogP contribution in [0.4, 0.5) is 11.8 Å². The maximum absolute atomic E-state index is 5.46. The number of morpholine rings is 1. The summed E-state index contributed by atoms with van der Waals surface area (Å²) in [5.41, 5.74) is 1.45. The smallest absolute Gasteiger partial charge is 0.227 e. The molecule has 2 fully saturated rings. The average Bonchev–Trinajstić information content (AvgIpc) is 3.22. The van der Waals surface area contributed by atoms with E-state index in [1.54, 1.807) is 0 Å². The molecule has 0 saturated carbocycles. The highest BCUT2D eigenvalue weighted by atomic mass is 32.1. The molecule has 2 aliphatic heterocycles. The number of likely N-dealkylation sites (N-methyl/N-ethyl adjacent to an activating group) is 1. The van der Waals surface area contributed by atoms with Crippen LogP contribution in [-0.2, 0) is 11.3 Å². The van der Waals surface area contributed by atoms with Gasteiger partial charge in [-0.25, -0.2) is 4.98 Å². The number of ether oxygens (including phenoxy) is 1. The molecule has 4 heterocycles. The highest BCUT2D eigenvalue weighted by molar-refractivity contribution is 7.17. The first kappa shape index (κ1) is 19.7. The van der Waals surface area contributed by atoms with Crippen LogP contribution in [0.3, 0.4) is 0 Å². The van der Waals surface area contributed by atoms with Gasteiger partial charge in [-0.15, -0.1) is 11.3 Å². The molecule has 7 heteroatoms. The van der Waals surface area contributed by atoms with E-state index in [0.717, 1.165) is 57.7 Å². The third-order valence-corrected chi connectivity index (χ3v) is 7.28. The summed E-state index contributed by atoms with van der Waals surface area (Å²) in [4.78, 5) is 16.6. The normalized spacial score (nSPS) is 20.6. The zero-order valence-corrected chi connectivity index (χ0v) is 18.4. The molecule has 1 aromatic carbocycles. The number of nitrogens with zero attached hydrogens (tertiary/aromatic N) is 5.